The average Bonchev–Trinajstić information content (AvgIpc) is 3.09. The third-order valence-corrected chi connectivity index (χ3v) is 5.84. The first kappa shape index (κ1) is 13.9. The zero-order valence-electron chi connectivity index (χ0n) is 12.5. The molecular formula is C16H24O4. The minimum Gasteiger partial charge on any atom is -0.465 e. The van der Waals surface area contributed by atoms with E-state index in [1.165, 1.54) is 0 Å². The Labute approximate surface area is 120 Å². The molecule has 2 bridgehead atoms. The highest BCUT2D eigenvalue weighted by Gasteiger charge is 2.63. The average molecular weight is 280 g/mol. The van der Waals surface area contributed by atoms with Crippen LogP contribution in [0, 0.1) is 35.5 Å². The van der Waals surface area contributed by atoms with Crippen LogP contribution in [0.15, 0.2) is 0 Å². The smallest absolute Gasteiger partial charge is 0.309 e. The first-order valence-electron chi connectivity index (χ1n) is 7.95. The Bertz CT molecular complexity index is 419. The summed E-state index contributed by atoms with van der Waals surface area (Å²) in [6.45, 7) is 6.58. The van der Waals surface area contributed by atoms with Gasteiger partial charge in [0.2, 0.25) is 0 Å². The Kier molecular flexibility index (Phi) is 3.51. The van der Waals surface area contributed by atoms with Crippen LogP contribution in [0.3, 0.4) is 0 Å². The third kappa shape index (κ3) is 1.87. The molecule has 3 aliphatic rings. The van der Waals surface area contributed by atoms with E-state index < -0.39 is 0 Å². The third-order valence-electron chi connectivity index (χ3n) is 5.84. The highest BCUT2D eigenvalue weighted by Crippen LogP contribution is 2.59. The van der Waals surface area contributed by atoms with E-state index in [0.29, 0.717) is 24.4 Å². The molecule has 0 N–H and O–H groups in total. The number of rotatable bonds is 4. The highest BCUT2D eigenvalue weighted by molar-refractivity contribution is 5.76. The SMILES string of the molecule is CCC(C)C(=O)OC1C2CC(C1CC)C1C(=O)OCC21. The van der Waals surface area contributed by atoms with Crippen molar-refractivity contribution in [3.05, 3.63) is 0 Å². The molecule has 3 fully saturated rings. The molecule has 3 rings (SSSR count). The molecule has 0 spiro atoms. The largest absolute Gasteiger partial charge is 0.465 e. The van der Waals surface area contributed by atoms with Gasteiger partial charge in [-0.3, -0.25) is 9.59 Å². The van der Waals surface area contributed by atoms with E-state index in [2.05, 4.69) is 6.92 Å². The molecule has 0 amide bonds. The van der Waals surface area contributed by atoms with Gasteiger partial charge < -0.3 is 9.47 Å². The summed E-state index contributed by atoms with van der Waals surface area (Å²) in [5, 5.41) is 0. The topological polar surface area (TPSA) is 52.6 Å². The van der Waals surface area contributed by atoms with Crippen molar-refractivity contribution in [3.8, 4) is 0 Å². The van der Waals surface area contributed by atoms with Gasteiger partial charge in [-0.2, -0.15) is 0 Å². The van der Waals surface area contributed by atoms with Crippen LogP contribution in [0.5, 0.6) is 0 Å². The van der Waals surface area contributed by atoms with Gasteiger partial charge in [0, 0.05) is 11.8 Å². The number of ether oxygens (including phenoxy) is 2. The van der Waals surface area contributed by atoms with Gasteiger partial charge in [0.15, 0.2) is 0 Å². The number of carbonyl (C=O) groups excluding carboxylic acids is 2. The Balaban J connectivity index is 1.76. The molecule has 1 aliphatic heterocycles. The number of hydrogen-bond donors (Lipinski definition) is 0. The number of cyclic esters (lactones) is 1. The van der Waals surface area contributed by atoms with E-state index in [1.54, 1.807) is 0 Å². The summed E-state index contributed by atoms with van der Waals surface area (Å²) in [6.07, 6.45) is 2.81. The summed E-state index contributed by atoms with van der Waals surface area (Å²) in [7, 11) is 0. The van der Waals surface area contributed by atoms with Crippen LogP contribution < -0.4 is 0 Å². The van der Waals surface area contributed by atoms with E-state index in [-0.39, 0.29) is 35.8 Å². The summed E-state index contributed by atoms with van der Waals surface area (Å²) >= 11 is 0. The number of carbonyl (C=O) groups is 2. The highest BCUT2D eigenvalue weighted by atomic mass is 16.6. The van der Waals surface area contributed by atoms with Crippen LogP contribution in [0.1, 0.15) is 40.0 Å². The second-order valence-corrected chi connectivity index (χ2v) is 6.67. The molecule has 0 radical (unpaired) electrons. The lowest BCUT2D eigenvalue weighted by molar-refractivity contribution is -0.161. The number of hydrogen-bond acceptors (Lipinski definition) is 4. The van der Waals surface area contributed by atoms with Crippen LogP contribution in [0.25, 0.3) is 0 Å². The Morgan fingerprint density at radius 1 is 1.35 bits per heavy atom. The van der Waals surface area contributed by atoms with Crippen molar-refractivity contribution in [2.75, 3.05) is 6.61 Å². The maximum absolute atomic E-state index is 12.1. The van der Waals surface area contributed by atoms with Crippen molar-refractivity contribution < 1.29 is 19.1 Å². The minimum absolute atomic E-state index is 0.00208. The number of fused-ring (bicyclic) bond motifs is 5. The van der Waals surface area contributed by atoms with Crippen LogP contribution >= 0.6 is 0 Å². The van der Waals surface area contributed by atoms with Crippen molar-refractivity contribution in [1.82, 2.24) is 0 Å². The summed E-state index contributed by atoms with van der Waals surface area (Å²) in [6, 6.07) is 0. The van der Waals surface area contributed by atoms with E-state index in [0.717, 1.165) is 19.3 Å². The molecule has 0 aromatic heterocycles. The number of esters is 2. The zero-order valence-corrected chi connectivity index (χ0v) is 12.5. The van der Waals surface area contributed by atoms with Gasteiger partial charge in [-0.15, -0.1) is 0 Å². The fourth-order valence-corrected chi connectivity index (χ4v) is 4.58. The first-order chi connectivity index (χ1) is 9.58. The molecule has 7 atom stereocenters. The molecule has 4 nitrogen and oxygen atoms in total. The maximum atomic E-state index is 12.1. The summed E-state index contributed by atoms with van der Waals surface area (Å²) in [5.74, 6) is 1.24. The fourth-order valence-electron chi connectivity index (χ4n) is 4.58. The van der Waals surface area contributed by atoms with Gasteiger partial charge in [0.1, 0.15) is 6.10 Å². The normalized spacial score (nSPS) is 43.2. The lowest BCUT2D eigenvalue weighted by Crippen LogP contribution is -2.42. The van der Waals surface area contributed by atoms with Crippen LogP contribution in [-0.4, -0.2) is 24.6 Å². The summed E-state index contributed by atoms with van der Waals surface area (Å²) < 4.78 is 11.1. The molecular weight excluding hydrogens is 256 g/mol. The predicted molar refractivity (Wildman–Crippen MR) is 72.7 cm³/mol. The molecule has 20 heavy (non-hydrogen) atoms. The van der Waals surface area contributed by atoms with Gasteiger partial charge in [-0.1, -0.05) is 20.8 Å². The van der Waals surface area contributed by atoms with Crippen LogP contribution in [0.2, 0.25) is 0 Å². The summed E-state index contributed by atoms with van der Waals surface area (Å²) in [5.41, 5.74) is 0. The monoisotopic (exact) mass is 280 g/mol. The molecule has 2 aliphatic carbocycles. The van der Waals surface area contributed by atoms with Gasteiger partial charge >= 0.3 is 11.9 Å². The predicted octanol–water partition coefficient (Wildman–Crippen LogP) is 2.41. The van der Waals surface area contributed by atoms with Gasteiger partial charge in [-0.05, 0) is 31.1 Å². The molecule has 1 heterocycles. The fraction of sp³-hybridized carbons (Fsp3) is 0.875. The molecule has 112 valence electrons. The van der Waals surface area contributed by atoms with Crippen LogP contribution in [-0.2, 0) is 19.1 Å². The Hall–Kier alpha value is -1.06. The molecule has 2 saturated carbocycles. The van der Waals surface area contributed by atoms with E-state index in [9.17, 15) is 9.59 Å². The van der Waals surface area contributed by atoms with Crippen molar-refractivity contribution in [1.29, 1.82) is 0 Å². The van der Waals surface area contributed by atoms with Crippen molar-refractivity contribution in [2.24, 2.45) is 35.5 Å². The van der Waals surface area contributed by atoms with Crippen molar-refractivity contribution in [3.63, 3.8) is 0 Å². The second-order valence-electron chi connectivity index (χ2n) is 6.67. The van der Waals surface area contributed by atoms with E-state index >= 15 is 0 Å². The molecule has 0 aromatic carbocycles. The van der Waals surface area contributed by atoms with Gasteiger partial charge in [0.05, 0.1) is 18.4 Å². The quantitative estimate of drug-likeness (QED) is 0.742. The molecule has 7 unspecified atom stereocenters. The lowest BCUT2D eigenvalue weighted by Gasteiger charge is -2.35. The Morgan fingerprint density at radius 2 is 2.10 bits per heavy atom. The minimum atomic E-state index is -0.0784. The van der Waals surface area contributed by atoms with Gasteiger partial charge in [0.25, 0.3) is 0 Å². The molecule has 4 heteroatoms. The van der Waals surface area contributed by atoms with Gasteiger partial charge in [-0.25, -0.2) is 0 Å². The second kappa shape index (κ2) is 5.05. The summed E-state index contributed by atoms with van der Waals surface area (Å²) in [4.78, 5) is 24.0. The zero-order chi connectivity index (χ0) is 14.4. The standard InChI is InChI=1S/C16H24O4/c1-4-8(3)15(17)20-14-9(5-2)10-6-11(14)12-7-19-16(18)13(10)12/h8-14H,4-7H2,1-3H3. The van der Waals surface area contributed by atoms with Crippen molar-refractivity contribution in [2.45, 2.75) is 46.1 Å². The van der Waals surface area contributed by atoms with E-state index in [1.807, 2.05) is 13.8 Å². The lowest BCUT2D eigenvalue weighted by atomic mass is 9.73. The molecule has 0 aromatic rings. The molecule has 1 saturated heterocycles. The van der Waals surface area contributed by atoms with E-state index in [4.69, 9.17) is 9.47 Å². The first-order valence-corrected chi connectivity index (χ1v) is 7.95. The van der Waals surface area contributed by atoms with Crippen molar-refractivity contribution >= 4 is 11.9 Å². The van der Waals surface area contributed by atoms with Crippen LogP contribution in [0.4, 0.5) is 0 Å². The maximum Gasteiger partial charge on any atom is 0.309 e. The Morgan fingerprint density at radius 3 is 2.75 bits per heavy atom.